The summed E-state index contributed by atoms with van der Waals surface area (Å²) in [6.45, 7) is 7.53. The zero-order chi connectivity index (χ0) is 21.5. The summed E-state index contributed by atoms with van der Waals surface area (Å²) in [6.07, 6.45) is 3.45. The molecule has 6 heteroatoms. The van der Waals surface area contributed by atoms with Gasteiger partial charge in [-0.15, -0.1) is 0 Å². The fourth-order valence-corrected chi connectivity index (χ4v) is 3.71. The molecule has 0 saturated heterocycles. The van der Waals surface area contributed by atoms with Gasteiger partial charge < -0.3 is 10.1 Å². The molecule has 1 amide bonds. The van der Waals surface area contributed by atoms with Crippen molar-refractivity contribution in [2.24, 2.45) is 0 Å². The van der Waals surface area contributed by atoms with Crippen molar-refractivity contribution < 1.29 is 9.53 Å². The van der Waals surface area contributed by atoms with E-state index in [1.807, 2.05) is 55.5 Å². The van der Waals surface area contributed by atoms with Crippen molar-refractivity contribution in [2.45, 2.75) is 13.8 Å². The molecule has 0 spiro atoms. The van der Waals surface area contributed by atoms with Crippen LogP contribution in [0.1, 0.15) is 23.1 Å². The van der Waals surface area contributed by atoms with E-state index in [-0.39, 0.29) is 5.91 Å². The Kier molecular flexibility index (Phi) is 6.79. The second-order valence-corrected chi connectivity index (χ2v) is 7.58. The van der Waals surface area contributed by atoms with E-state index < -0.39 is 0 Å². The molecule has 0 aliphatic heterocycles. The normalized spacial score (nSPS) is 10.9. The van der Waals surface area contributed by atoms with Crippen LogP contribution in [0.25, 0.3) is 22.9 Å². The summed E-state index contributed by atoms with van der Waals surface area (Å²) < 4.78 is 5.49. The van der Waals surface area contributed by atoms with E-state index >= 15 is 0 Å². The van der Waals surface area contributed by atoms with Gasteiger partial charge >= 0.3 is 0 Å². The summed E-state index contributed by atoms with van der Waals surface area (Å²) in [4.78, 5) is 16.3. The Balaban J connectivity index is 1.97. The predicted octanol–water partition coefficient (Wildman–Crippen LogP) is 5.71. The van der Waals surface area contributed by atoms with E-state index in [1.54, 1.807) is 12.2 Å². The maximum Gasteiger partial charge on any atom is 0.221 e. The zero-order valence-electron chi connectivity index (χ0n) is 16.8. The van der Waals surface area contributed by atoms with Crippen LogP contribution in [-0.4, -0.2) is 17.5 Å². The van der Waals surface area contributed by atoms with Crippen molar-refractivity contribution in [3.8, 4) is 23.1 Å². The number of hydrogen-bond donors (Lipinski definition) is 1. The highest BCUT2D eigenvalue weighted by atomic mass is 32.1. The van der Waals surface area contributed by atoms with Crippen molar-refractivity contribution in [3.63, 3.8) is 0 Å². The van der Waals surface area contributed by atoms with Crippen molar-refractivity contribution in [1.29, 1.82) is 5.26 Å². The molecule has 0 saturated carbocycles. The smallest absolute Gasteiger partial charge is 0.221 e. The molecule has 5 nitrogen and oxygen atoms in total. The fourth-order valence-electron chi connectivity index (χ4n) is 2.71. The number of amides is 1. The largest absolute Gasteiger partial charge is 0.490 e. The van der Waals surface area contributed by atoms with Crippen LogP contribution >= 0.6 is 11.3 Å². The number of aromatic nitrogens is 1. The third kappa shape index (κ3) is 5.22. The Hall–Kier alpha value is -3.69. The highest BCUT2D eigenvalue weighted by molar-refractivity contribution is 7.17. The van der Waals surface area contributed by atoms with Gasteiger partial charge in [-0.3, -0.25) is 4.79 Å². The van der Waals surface area contributed by atoms with Gasteiger partial charge in [-0.2, -0.15) is 5.26 Å². The van der Waals surface area contributed by atoms with E-state index in [2.05, 4.69) is 22.9 Å². The third-order valence-electron chi connectivity index (χ3n) is 4.15. The van der Waals surface area contributed by atoms with Gasteiger partial charge in [0.05, 0.1) is 5.57 Å². The number of hydrogen-bond acceptors (Lipinski definition) is 5. The van der Waals surface area contributed by atoms with E-state index in [9.17, 15) is 10.1 Å². The number of ether oxygens (including phenoxy) is 1. The van der Waals surface area contributed by atoms with Crippen molar-refractivity contribution in [3.05, 3.63) is 77.3 Å². The van der Waals surface area contributed by atoms with Crippen molar-refractivity contribution in [1.82, 2.24) is 4.98 Å². The molecule has 2 aromatic carbocycles. The molecule has 0 fully saturated rings. The minimum Gasteiger partial charge on any atom is -0.490 e. The Morgan fingerprint density at radius 1 is 1.23 bits per heavy atom. The van der Waals surface area contributed by atoms with Crippen LogP contribution in [0.2, 0.25) is 0 Å². The van der Waals surface area contributed by atoms with Gasteiger partial charge in [-0.05, 0) is 30.7 Å². The number of carbonyl (C=O) groups excluding carboxylic acids is 1. The molecule has 0 unspecified atom stereocenters. The number of rotatable bonds is 7. The van der Waals surface area contributed by atoms with Crippen LogP contribution in [0.4, 0.5) is 5.00 Å². The number of anilines is 1. The lowest BCUT2D eigenvalue weighted by Crippen LogP contribution is -2.05. The van der Waals surface area contributed by atoms with Gasteiger partial charge in [-0.1, -0.05) is 66.0 Å². The number of nitrogens with zero attached hydrogens (tertiary/aromatic N) is 2. The summed E-state index contributed by atoms with van der Waals surface area (Å²) in [7, 11) is 0. The first-order valence-corrected chi connectivity index (χ1v) is 10.1. The van der Waals surface area contributed by atoms with E-state index in [0.717, 1.165) is 22.4 Å². The molecule has 0 aliphatic carbocycles. The van der Waals surface area contributed by atoms with Crippen LogP contribution in [0.5, 0.6) is 5.75 Å². The highest BCUT2D eigenvalue weighted by Gasteiger charge is 2.17. The van der Waals surface area contributed by atoms with Crippen LogP contribution in [0, 0.1) is 18.3 Å². The number of benzene rings is 2. The maximum absolute atomic E-state index is 11.7. The maximum atomic E-state index is 11.7. The molecule has 3 aromatic rings. The lowest BCUT2D eigenvalue weighted by Gasteiger charge is -2.03. The first kappa shape index (κ1) is 21.0. The second-order valence-electron chi connectivity index (χ2n) is 6.58. The Morgan fingerprint density at radius 2 is 1.93 bits per heavy atom. The Labute approximate surface area is 180 Å². The molecule has 150 valence electrons. The SMILES string of the molecule is C=CCOc1ccc(/C=C(/C#N)c2nc(-c3ccc(C)cc3)c(NC(C)=O)s2)cc1. The van der Waals surface area contributed by atoms with Gasteiger partial charge in [0.15, 0.2) is 0 Å². The predicted molar refractivity (Wildman–Crippen MR) is 122 cm³/mol. The van der Waals surface area contributed by atoms with Gasteiger partial charge in [-0.25, -0.2) is 4.98 Å². The molecule has 0 radical (unpaired) electrons. The number of nitrogens with one attached hydrogen (secondary N) is 1. The molecule has 1 heterocycles. The summed E-state index contributed by atoms with van der Waals surface area (Å²) in [5, 5.41) is 13.7. The molecule has 30 heavy (non-hydrogen) atoms. The van der Waals surface area contributed by atoms with Gasteiger partial charge in [0.2, 0.25) is 5.91 Å². The van der Waals surface area contributed by atoms with Gasteiger partial charge in [0, 0.05) is 12.5 Å². The number of aryl methyl sites for hydroxylation is 1. The third-order valence-corrected chi connectivity index (χ3v) is 5.16. The fraction of sp³-hybridized carbons (Fsp3) is 0.125. The monoisotopic (exact) mass is 415 g/mol. The molecule has 1 aromatic heterocycles. The molecule has 0 aliphatic rings. The quantitative estimate of drug-likeness (QED) is 0.396. The van der Waals surface area contributed by atoms with Crippen LogP contribution < -0.4 is 10.1 Å². The van der Waals surface area contributed by atoms with E-state index in [1.165, 1.54) is 18.3 Å². The summed E-state index contributed by atoms with van der Waals surface area (Å²) >= 11 is 1.28. The van der Waals surface area contributed by atoms with Crippen molar-refractivity contribution >= 4 is 33.9 Å². The molecule has 0 bridgehead atoms. The first-order chi connectivity index (χ1) is 14.5. The van der Waals surface area contributed by atoms with Gasteiger partial charge in [0.25, 0.3) is 0 Å². The van der Waals surface area contributed by atoms with Crippen LogP contribution in [-0.2, 0) is 4.79 Å². The van der Waals surface area contributed by atoms with E-state index in [4.69, 9.17) is 4.74 Å². The number of nitriles is 1. The van der Waals surface area contributed by atoms with E-state index in [0.29, 0.717) is 27.9 Å². The lowest BCUT2D eigenvalue weighted by molar-refractivity contribution is -0.114. The standard InChI is InChI=1S/C24H21N3O2S/c1-4-13-29-21-11-7-18(8-12-21)14-20(15-25)23-27-22(24(30-23)26-17(3)28)19-9-5-16(2)6-10-19/h4-12,14H,1,13H2,2-3H3,(H,26,28)/b20-14-. The Morgan fingerprint density at radius 3 is 2.53 bits per heavy atom. The molecule has 1 N–H and O–H groups in total. The summed E-state index contributed by atoms with van der Waals surface area (Å²) in [5.41, 5.74) is 3.94. The van der Waals surface area contributed by atoms with Crippen molar-refractivity contribution in [2.75, 3.05) is 11.9 Å². The molecular weight excluding hydrogens is 394 g/mol. The van der Waals surface area contributed by atoms with Crippen LogP contribution in [0.3, 0.4) is 0 Å². The number of carbonyl (C=O) groups is 1. The first-order valence-electron chi connectivity index (χ1n) is 9.31. The molecular formula is C24H21N3O2S. The average Bonchev–Trinajstić information content (AvgIpc) is 3.14. The lowest BCUT2D eigenvalue weighted by atomic mass is 10.1. The number of allylic oxidation sites excluding steroid dienone is 1. The second kappa shape index (κ2) is 9.68. The minimum atomic E-state index is -0.184. The topological polar surface area (TPSA) is 75.0 Å². The number of thiazole rings is 1. The minimum absolute atomic E-state index is 0.184. The summed E-state index contributed by atoms with van der Waals surface area (Å²) in [6, 6.07) is 17.5. The zero-order valence-corrected chi connectivity index (χ0v) is 17.6. The van der Waals surface area contributed by atoms with Crippen LogP contribution in [0.15, 0.2) is 61.2 Å². The Bertz CT molecular complexity index is 1120. The van der Waals surface area contributed by atoms with Gasteiger partial charge in [0.1, 0.15) is 34.1 Å². The summed E-state index contributed by atoms with van der Waals surface area (Å²) in [5.74, 6) is 0.547. The average molecular weight is 416 g/mol. The molecule has 0 atom stereocenters. The molecule has 3 rings (SSSR count). The highest BCUT2D eigenvalue weighted by Crippen LogP contribution is 2.36.